The molecule has 0 aliphatic carbocycles. The summed E-state index contributed by atoms with van der Waals surface area (Å²) in [7, 11) is 0. The van der Waals surface area contributed by atoms with Gasteiger partial charge in [-0.1, -0.05) is 0 Å². The zero-order valence-electron chi connectivity index (χ0n) is 20.3. The Hall–Kier alpha value is -4.48. The van der Waals surface area contributed by atoms with Crippen molar-refractivity contribution in [3.05, 3.63) is 65.1 Å². The monoisotopic (exact) mass is 492 g/mol. The maximum Gasteiger partial charge on any atom is 0.410 e. The minimum absolute atomic E-state index is 0.116. The molecule has 0 atom stereocenters. The molecule has 0 bridgehead atoms. The second kappa shape index (κ2) is 10.4. The van der Waals surface area contributed by atoms with Gasteiger partial charge in [-0.15, -0.1) is 0 Å². The van der Waals surface area contributed by atoms with Gasteiger partial charge in [-0.25, -0.2) is 14.8 Å². The van der Waals surface area contributed by atoms with E-state index in [1.54, 1.807) is 47.8 Å². The van der Waals surface area contributed by atoms with Crippen molar-refractivity contribution in [3.8, 4) is 0 Å². The molecule has 0 radical (unpaired) electrons. The minimum atomic E-state index is -0.560. The maximum atomic E-state index is 12.3. The molecule has 0 aromatic carbocycles. The molecule has 12 heteroatoms. The molecule has 36 heavy (non-hydrogen) atoms. The Morgan fingerprint density at radius 2 is 1.83 bits per heavy atom. The smallest absolute Gasteiger partial charge is 0.410 e. The van der Waals surface area contributed by atoms with Gasteiger partial charge in [0.15, 0.2) is 0 Å². The highest BCUT2D eigenvalue weighted by Crippen LogP contribution is 2.30. The number of amides is 1. The van der Waals surface area contributed by atoms with Gasteiger partial charge >= 0.3 is 11.8 Å². The number of carbonyl (C=O) groups is 1. The fourth-order valence-corrected chi connectivity index (χ4v) is 3.60. The van der Waals surface area contributed by atoms with Crippen LogP contribution in [0.15, 0.2) is 55.0 Å². The number of ether oxygens (including phenoxy) is 1. The van der Waals surface area contributed by atoms with E-state index in [0.717, 1.165) is 5.69 Å². The van der Waals surface area contributed by atoms with E-state index >= 15 is 0 Å². The predicted molar refractivity (Wildman–Crippen MR) is 136 cm³/mol. The number of nitrogens with one attached hydrogen (secondary N) is 2. The van der Waals surface area contributed by atoms with Crippen LogP contribution in [0.5, 0.6) is 0 Å². The molecule has 0 unspecified atom stereocenters. The van der Waals surface area contributed by atoms with Gasteiger partial charge in [0.05, 0.1) is 16.8 Å². The number of hydrogen-bond acceptors (Lipinski definition) is 10. The highest BCUT2D eigenvalue weighted by Gasteiger charge is 2.27. The number of aromatic nitrogens is 3. The fraction of sp³-hybridized carbons (Fsp3) is 0.333. The van der Waals surface area contributed by atoms with Gasteiger partial charge in [0.1, 0.15) is 17.2 Å². The molecule has 1 aliphatic heterocycles. The van der Waals surface area contributed by atoms with Crippen molar-refractivity contribution in [1.29, 1.82) is 0 Å². The van der Waals surface area contributed by atoms with E-state index in [1.807, 2.05) is 31.7 Å². The Bertz CT molecular complexity index is 1220. The normalized spacial score (nSPS) is 13.8. The summed E-state index contributed by atoms with van der Waals surface area (Å²) in [6, 6.07) is 10.1. The lowest BCUT2D eigenvalue weighted by Gasteiger charge is -2.36. The van der Waals surface area contributed by atoms with Crippen LogP contribution < -0.4 is 15.5 Å². The molecule has 1 fully saturated rings. The van der Waals surface area contributed by atoms with E-state index in [9.17, 15) is 14.9 Å². The lowest BCUT2D eigenvalue weighted by molar-refractivity contribution is -0.384. The number of pyridine rings is 3. The summed E-state index contributed by atoms with van der Waals surface area (Å²) in [6.07, 6.45) is 4.58. The van der Waals surface area contributed by atoms with Crippen molar-refractivity contribution in [2.24, 2.45) is 0 Å². The summed E-state index contributed by atoms with van der Waals surface area (Å²) in [5, 5.41) is 17.9. The van der Waals surface area contributed by atoms with Crippen LogP contribution >= 0.6 is 0 Å². The lowest BCUT2D eigenvalue weighted by Crippen LogP contribution is -2.50. The van der Waals surface area contributed by atoms with Gasteiger partial charge in [-0.3, -0.25) is 15.1 Å². The third-order valence-corrected chi connectivity index (χ3v) is 5.27. The molecule has 0 spiro atoms. The van der Waals surface area contributed by atoms with Crippen molar-refractivity contribution in [2.45, 2.75) is 26.4 Å². The van der Waals surface area contributed by atoms with Gasteiger partial charge in [-0.05, 0) is 45.0 Å². The SMILES string of the molecule is CC(C)(C)OC(=O)N1CCN(c2ccc([N+](=O)[O-])c(Nc3ccnc(Nc4cccnc4)c3)n2)CC1. The molecule has 4 rings (SSSR count). The van der Waals surface area contributed by atoms with Crippen LogP contribution in [-0.4, -0.2) is 62.6 Å². The fourth-order valence-electron chi connectivity index (χ4n) is 3.60. The first-order chi connectivity index (χ1) is 17.2. The van der Waals surface area contributed by atoms with Crippen molar-refractivity contribution >= 4 is 40.6 Å². The molecule has 0 saturated carbocycles. The minimum Gasteiger partial charge on any atom is -0.444 e. The Morgan fingerprint density at radius 1 is 1.06 bits per heavy atom. The Balaban J connectivity index is 1.48. The quantitative estimate of drug-likeness (QED) is 0.378. The van der Waals surface area contributed by atoms with Crippen LogP contribution in [-0.2, 0) is 4.74 Å². The van der Waals surface area contributed by atoms with Crippen LogP contribution in [0, 0.1) is 10.1 Å². The molecule has 3 aromatic heterocycles. The second-order valence-electron chi connectivity index (χ2n) is 9.17. The van der Waals surface area contributed by atoms with Crippen LogP contribution in [0.2, 0.25) is 0 Å². The first-order valence-electron chi connectivity index (χ1n) is 11.5. The summed E-state index contributed by atoms with van der Waals surface area (Å²) in [6.45, 7) is 7.47. The van der Waals surface area contributed by atoms with Gasteiger partial charge < -0.3 is 25.2 Å². The predicted octanol–water partition coefficient (Wildman–Crippen LogP) is 4.32. The largest absolute Gasteiger partial charge is 0.444 e. The average Bonchev–Trinajstić information content (AvgIpc) is 2.84. The topological polar surface area (TPSA) is 139 Å². The van der Waals surface area contributed by atoms with Crippen molar-refractivity contribution < 1.29 is 14.5 Å². The molecule has 1 amide bonds. The van der Waals surface area contributed by atoms with E-state index in [-0.39, 0.29) is 17.6 Å². The zero-order chi connectivity index (χ0) is 25.7. The van der Waals surface area contributed by atoms with E-state index in [1.165, 1.54) is 6.07 Å². The first-order valence-corrected chi connectivity index (χ1v) is 11.5. The van der Waals surface area contributed by atoms with Gasteiger partial charge in [0, 0.05) is 56.4 Å². The molecular formula is C24H28N8O4. The number of carbonyl (C=O) groups excluding carboxylic acids is 1. The number of nitro groups is 1. The highest BCUT2D eigenvalue weighted by atomic mass is 16.6. The van der Waals surface area contributed by atoms with Crippen LogP contribution in [0.4, 0.5) is 39.3 Å². The molecule has 12 nitrogen and oxygen atoms in total. The second-order valence-corrected chi connectivity index (χ2v) is 9.17. The third-order valence-electron chi connectivity index (χ3n) is 5.27. The molecule has 1 aliphatic rings. The van der Waals surface area contributed by atoms with Crippen molar-refractivity contribution in [2.75, 3.05) is 41.7 Å². The van der Waals surface area contributed by atoms with Crippen LogP contribution in [0.1, 0.15) is 20.8 Å². The summed E-state index contributed by atoms with van der Waals surface area (Å²) in [4.78, 5) is 40.1. The summed E-state index contributed by atoms with van der Waals surface area (Å²) < 4.78 is 5.45. The molecule has 1 saturated heterocycles. The van der Waals surface area contributed by atoms with Crippen LogP contribution in [0.3, 0.4) is 0 Å². The zero-order valence-corrected chi connectivity index (χ0v) is 20.3. The Morgan fingerprint density at radius 3 is 2.50 bits per heavy atom. The molecular weight excluding hydrogens is 464 g/mol. The number of anilines is 5. The lowest BCUT2D eigenvalue weighted by atomic mass is 10.2. The third kappa shape index (κ3) is 6.34. The number of nitrogens with zero attached hydrogens (tertiary/aromatic N) is 6. The first kappa shape index (κ1) is 24.6. The summed E-state index contributed by atoms with van der Waals surface area (Å²) in [5.74, 6) is 1.24. The molecule has 2 N–H and O–H groups in total. The number of hydrogen-bond donors (Lipinski definition) is 2. The van der Waals surface area contributed by atoms with E-state index in [0.29, 0.717) is 43.5 Å². The van der Waals surface area contributed by atoms with Gasteiger partial charge in [0.2, 0.25) is 5.82 Å². The van der Waals surface area contributed by atoms with Crippen molar-refractivity contribution in [3.63, 3.8) is 0 Å². The summed E-state index contributed by atoms with van der Waals surface area (Å²) in [5.41, 5.74) is 0.636. The van der Waals surface area contributed by atoms with E-state index in [2.05, 4.69) is 25.6 Å². The average molecular weight is 493 g/mol. The van der Waals surface area contributed by atoms with Gasteiger partial charge in [0.25, 0.3) is 0 Å². The maximum absolute atomic E-state index is 12.3. The Kier molecular flexibility index (Phi) is 7.13. The van der Waals surface area contributed by atoms with E-state index < -0.39 is 10.5 Å². The molecule has 4 heterocycles. The standard InChI is InChI=1S/C24H28N8O4/c1-24(2,3)36-23(33)31-13-11-30(12-14-31)21-7-6-19(32(34)35)22(29-21)28-17-8-10-26-20(15-17)27-18-5-4-9-25-16-18/h4-10,15-16H,11-14H2,1-3H3,(H2,26,27,28,29). The van der Waals surface area contributed by atoms with E-state index in [4.69, 9.17) is 4.74 Å². The van der Waals surface area contributed by atoms with Crippen LogP contribution in [0.25, 0.3) is 0 Å². The number of piperazine rings is 1. The molecule has 3 aromatic rings. The number of rotatable bonds is 6. The van der Waals surface area contributed by atoms with Gasteiger partial charge in [-0.2, -0.15) is 0 Å². The Labute approximate surface area is 208 Å². The summed E-state index contributed by atoms with van der Waals surface area (Å²) >= 11 is 0. The highest BCUT2D eigenvalue weighted by molar-refractivity contribution is 5.71. The van der Waals surface area contributed by atoms with Crippen molar-refractivity contribution in [1.82, 2.24) is 19.9 Å². The molecule has 188 valence electrons.